The van der Waals surface area contributed by atoms with Gasteiger partial charge in [0.05, 0.1) is 18.0 Å². The zero-order chi connectivity index (χ0) is 21.3. The number of aryl methyl sites for hydroxylation is 3. The van der Waals surface area contributed by atoms with Crippen molar-refractivity contribution in [3.63, 3.8) is 0 Å². The van der Waals surface area contributed by atoms with Crippen LogP contribution in [0.5, 0.6) is 5.75 Å². The number of ether oxygens (including phenoxy) is 1. The van der Waals surface area contributed by atoms with Crippen LogP contribution in [0.25, 0.3) is 10.2 Å². The highest BCUT2D eigenvalue weighted by atomic mass is 32.1. The molecule has 1 amide bonds. The van der Waals surface area contributed by atoms with Crippen molar-refractivity contribution in [1.82, 2.24) is 20.2 Å². The number of benzene rings is 1. The van der Waals surface area contributed by atoms with Gasteiger partial charge in [-0.2, -0.15) is 0 Å². The molecule has 2 aromatic heterocycles. The number of thiophene rings is 1. The first kappa shape index (κ1) is 20.8. The molecule has 0 aliphatic carbocycles. The highest BCUT2D eigenvalue weighted by molar-refractivity contribution is 7.20. The first-order chi connectivity index (χ1) is 14.5. The van der Waals surface area contributed by atoms with Crippen molar-refractivity contribution < 1.29 is 9.53 Å². The lowest BCUT2D eigenvalue weighted by Crippen LogP contribution is -2.36. The minimum absolute atomic E-state index is 0.0368. The Bertz CT molecular complexity index is 1060. The molecule has 1 fully saturated rings. The van der Waals surface area contributed by atoms with Crippen molar-refractivity contribution in [2.45, 2.75) is 39.7 Å². The third-order valence-electron chi connectivity index (χ3n) is 5.83. The minimum Gasteiger partial charge on any atom is -0.497 e. The Morgan fingerprint density at radius 2 is 1.87 bits per heavy atom. The Morgan fingerprint density at radius 3 is 2.53 bits per heavy atom. The summed E-state index contributed by atoms with van der Waals surface area (Å²) in [5.74, 6) is 1.54. The molecule has 1 aromatic carbocycles. The first-order valence-corrected chi connectivity index (χ1v) is 11.2. The number of likely N-dealkylation sites (tertiary alicyclic amines) is 1. The van der Waals surface area contributed by atoms with Gasteiger partial charge in [-0.05, 0) is 70.0 Å². The van der Waals surface area contributed by atoms with Crippen LogP contribution in [0.4, 0.5) is 0 Å². The van der Waals surface area contributed by atoms with Crippen LogP contribution in [0, 0.1) is 20.8 Å². The Hall–Kier alpha value is -2.51. The summed E-state index contributed by atoms with van der Waals surface area (Å²) in [4.78, 5) is 26.2. The molecule has 0 bridgehead atoms. The molecule has 1 unspecified atom stereocenters. The van der Waals surface area contributed by atoms with Gasteiger partial charge >= 0.3 is 0 Å². The molecular weight excluding hydrogens is 396 g/mol. The summed E-state index contributed by atoms with van der Waals surface area (Å²) < 4.78 is 5.30. The van der Waals surface area contributed by atoms with Crippen LogP contribution < -0.4 is 10.1 Å². The molecule has 3 aromatic rings. The number of aromatic nitrogens is 2. The highest BCUT2D eigenvalue weighted by Gasteiger charge is 2.25. The number of methoxy groups -OCH3 is 1. The summed E-state index contributed by atoms with van der Waals surface area (Å²) in [6, 6.07) is 8.32. The Labute approximate surface area is 181 Å². The summed E-state index contributed by atoms with van der Waals surface area (Å²) in [5, 5.41) is 4.19. The van der Waals surface area contributed by atoms with Crippen LogP contribution in [0.1, 0.15) is 51.2 Å². The number of fused-ring (bicyclic) bond motifs is 1. The second-order valence-corrected chi connectivity index (χ2v) is 8.83. The van der Waals surface area contributed by atoms with Crippen LogP contribution in [-0.4, -0.2) is 47.5 Å². The molecule has 0 radical (unpaired) electrons. The standard InChI is InChI=1S/C23H28N4O2S/c1-14-20-15(2)25-16(3)26-23(20)30-21(14)22(28)24-13-19(27-11-5-6-12-27)17-7-9-18(29-4)10-8-17/h7-10,19H,5-6,11-13H2,1-4H3,(H,24,28). The van der Waals surface area contributed by atoms with E-state index >= 15 is 0 Å². The molecule has 30 heavy (non-hydrogen) atoms. The number of nitrogens with zero attached hydrogens (tertiary/aromatic N) is 3. The van der Waals surface area contributed by atoms with Crippen LogP contribution >= 0.6 is 11.3 Å². The third kappa shape index (κ3) is 4.04. The van der Waals surface area contributed by atoms with Crippen molar-refractivity contribution in [1.29, 1.82) is 0 Å². The fourth-order valence-electron chi connectivity index (χ4n) is 4.30. The van der Waals surface area contributed by atoms with E-state index in [9.17, 15) is 4.79 Å². The smallest absolute Gasteiger partial charge is 0.261 e. The van der Waals surface area contributed by atoms with E-state index in [-0.39, 0.29) is 11.9 Å². The average Bonchev–Trinajstić information content (AvgIpc) is 3.37. The van der Waals surface area contributed by atoms with E-state index in [1.165, 1.54) is 29.7 Å². The number of rotatable bonds is 6. The normalized spacial score (nSPS) is 15.5. The van der Waals surface area contributed by atoms with Gasteiger partial charge in [-0.15, -0.1) is 11.3 Å². The second-order valence-electron chi connectivity index (χ2n) is 7.83. The molecule has 1 saturated heterocycles. The first-order valence-electron chi connectivity index (χ1n) is 10.4. The summed E-state index contributed by atoms with van der Waals surface area (Å²) in [5.41, 5.74) is 3.09. The summed E-state index contributed by atoms with van der Waals surface area (Å²) in [6.45, 7) is 8.54. The summed E-state index contributed by atoms with van der Waals surface area (Å²) in [6.07, 6.45) is 2.40. The van der Waals surface area contributed by atoms with Crippen LogP contribution in [-0.2, 0) is 0 Å². The number of nitrogens with one attached hydrogen (secondary N) is 1. The number of carbonyl (C=O) groups excluding carboxylic acids is 1. The molecule has 1 aliphatic rings. The van der Waals surface area contributed by atoms with Crippen molar-refractivity contribution in [3.8, 4) is 5.75 Å². The Balaban J connectivity index is 1.56. The number of amides is 1. The van der Waals surface area contributed by atoms with Crippen molar-refractivity contribution in [3.05, 3.63) is 51.8 Å². The van der Waals surface area contributed by atoms with Gasteiger partial charge in [0.2, 0.25) is 0 Å². The van der Waals surface area contributed by atoms with Gasteiger partial charge in [0.15, 0.2) is 0 Å². The maximum Gasteiger partial charge on any atom is 0.261 e. The molecular formula is C23H28N4O2S. The molecule has 1 N–H and O–H groups in total. The van der Waals surface area contributed by atoms with E-state index in [1.807, 2.05) is 32.9 Å². The molecule has 0 saturated carbocycles. The number of carbonyl (C=O) groups is 1. The third-order valence-corrected chi connectivity index (χ3v) is 7.01. The number of hydrogen-bond acceptors (Lipinski definition) is 6. The van der Waals surface area contributed by atoms with E-state index in [2.05, 4.69) is 32.3 Å². The average molecular weight is 425 g/mol. The largest absolute Gasteiger partial charge is 0.497 e. The van der Waals surface area contributed by atoms with Gasteiger partial charge < -0.3 is 10.1 Å². The van der Waals surface area contributed by atoms with Crippen molar-refractivity contribution >= 4 is 27.5 Å². The highest BCUT2D eigenvalue weighted by Crippen LogP contribution is 2.32. The predicted molar refractivity (Wildman–Crippen MR) is 121 cm³/mol. The van der Waals surface area contributed by atoms with Crippen molar-refractivity contribution in [2.24, 2.45) is 0 Å². The maximum absolute atomic E-state index is 13.1. The van der Waals surface area contributed by atoms with Gasteiger partial charge in [0.1, 0.15) is 16.4 Å². The van der Waals surface area contributed by atoms with Crippen molar-refractivity contribution in [2.75, 3.05) is 26.7 Å². The molecule has 158 valence electrons. The minimum atomic E-state index is -0.0368. The maximum atomic E-state index is 13.1. The molecule has 1 aliphatic heterocycles. The molecule has 0 spiro atoms. The zero-order valence-corrected chi connectivity index (χ0v) is 18.8. The zero-order valence-electron chi connectivity index (χ0n) is 18.0. The molecule has 3 heterocycles. The van der Waals surface area contributed by atoms with E-state index in [0.29, 0.717) is 6.54 Å². The molecule has 7 heteroatoms. The van der Waals surface area contributed by atoms with Gasteiger partial charge in [0, 0.05) is 17.6 Å². The van der Waals surface area contributed by atoms with Gasteiger partial charge in [-0.1, -0.05) is 12.1 Å². The SMILES string of the molecule is COc1ccc(C(CNC(=O)c2sc3nc(C)nc(C)c3c2C)N2CCCC2)cc1. The lowest BCUT2D eigenvalue weighted by molar-refractivity contribution is 0.0941. The van der Waals surface area contributed by atoms with Crippen LogP contribution in [0.2, 0.25) is 0 Å². The molecule has 1 atom stereocenters. The fourth-order valence-corrected chi connectivity index (χ4v) is 5.49. The fraction of sp³-hybridized carbons (Fsp3) is 0.435. The summed E-state index contributed by atoms with van der Waals surface area (Å²) in [7, 11) is 1.67. The predicted octanol–water partition coefficient (Wildman–Crippen LogP) is 4.19. The molecule has 6 nitrogen and oxygen atoms in total. The van der Waals surface area contributed by atoms with E-state index < -0.39 is 0 Å². The summed E-state index contributed by atoms with van der Waals surface area (Å²) >= 11 is 1.45. The Morgan fingerprint density at radius 1 is 1.17 bits per heavy atom. The quantitative estimate of drug-likeness (QED) is 0.643. The monoisotopic (exact) mass is 424 g/mol. The second kappa shape index (κ2) is 8.70. The number of hydrogen-bond donors (Lipinski definition) is 1. The van der Waals surface area contributed by atoms with Gasteiger partial charge in [-0.3, -0.25) is 9.69 Å². The van der Waals surface area contributed by atoms with Crippen LogP contribution in [0.3, 0.4) is 0 Å². The van der Waals surface area contributed by atoms with Gasteiger partial charge in [-0.25, -0.2) is 9.97 Å². The van der Waals surface area contributed by atoms with E-state index in [4.69, 9.17) is 4.74 Å². The topological polar surface area (TPSA) is 67.3 Å². The van der Waals surface area contributed by atoms with Crippen LogP contribution in [0.15, 0.2) is 24.3 Å². The lowest BCUT2D eigenvalue weighted by Gasteiger charge is -2.28. The lowest BCUT2D eigenvalue weighted by atomic mass is 10.0. The van der Waals surface area contributed by atoms with Gasteiger partial charge in [0.25, 0.3) is 5.91 Å². The van der Waals surface area contributed by atoms with E-state index in [0.717, 1.165) is 51.0 Å². The van der Waals surface area contributed by atoms with E-state index in [1.54, 1.807) is 7.11 Å². The molecule has 4 rings (SSSR count). The Kier molecular flexibility index (Phi) is 6.01.